The third-order valence-electron chi connectivity index (χ3n) is 4.60. The summed E-state index contributed by atoms with van der Waals surface area (Å²) in [7, 11) is 0. The fraction of sp³-hybridized carbons (Fsp3) is 0.286. The molecule has 3 heteroatoms. The molecule has 0 aliphatic heterocycles. The molecule has 0 saturated heterocycles. The van der Waals surface area contributed by atoms with Gasteiger partial charge in [-0.2, -0.15) is 0 Å². The minimum atomic E-state index is 0.00105. The normalized spacial score (nSPS) is 20.2. The van der Waals surface area contributed by atoms with Crippen molar-refractivity contribution < 1.29 is 4.79 Å². The van der Waals surface area contributed by atoms with E-state index in [0.29, 0.717) is 11.4 Å². The second kappa shape index (κ2) is 8.00. The lowest BCUT2D eigenvalue weighted by molar-refractivity contribution is -0.119. The van der Waals surface area contributed by atoms with Crippen LogP contribution in [0, 0.1) is 5.92 Å². The van der Waals surface area contributed by atoms with Gasteiger partial charge in [0.1, 0.15) is 0 Å². The van der Waals surface area contributed by atoms with Crippen molar-refractivity contribution in [1.82, 2.24) is 0 Å². The first kappa shape index (κ1) is 17.3. The number of allylic oxidation sites excluding steroid dienone is 1. The van der Waals surface area contributed by atoms with Gasteiger partial charge in [-0.25, -0.2) is 0 Å². The second-order valence-corrected chi connectivity index (χ2v) is 7.11. The Bertz CT molecular complexity index is 764. The fourth-order valence-corrected chi connectivity index (χ4v) is 3.67. The summed E-state index contributed by atoms with van der Waals surface area (Å²) in [5.74, 6) is 0.244. The molecule has 0 heterocycles. The molecular weight excluding hydrogens is 339 g/mol. The molecule has 1 saturated carbocycles. The Morgan fingerprint density at radius 3 is 2.42 bits per heavy atom. The fourth-order valence-electron chi connectivity index (χ4n) is 3.27. The van der Waals surface area contributed by atoms with Crippen molar-refractivity contribution in [3.8, 4) is 0 Å². The maximum Gasteiger partial charge on any atom is 0.162 e. The molecule has 0 N–H and O–H groups in total. The van der Waals surface area contributed by atoms with Gasteiger partial charge in [-0.1, -0.05) is 66.0 Å². The van der Waals surface area contributed by atoms with Gasteiger partial charge in [0.2, 0.25) is 0 Å². The molecule has 3 rings (SSSR count). The van der Waals surface area contributed by atoms with Gasteiger partial charge in [0.05, 0.1) is 0 Å². The molecule has 2 aromatic rings. The van der Waals surface area contributed by atoms with E-state index in [1.807, 2.05) is 54.6 Å². The minimum absolute atomic E-state index is 0.00105. The van der Waals surface area contributed by atoms with Crippen LogP contribution >= 0.6 is 23.2 Å². The molecule has 0 unspecified atom stereocenters. The van der Waals surface area contributed by atoms with Gasteiger partial charge < -0.3 is 0 Å². The van der Waals surface area contributed by atoms with Gasteiger partial charge in [-0.15, -0.1) is 0 Å². The van der Waals surface area contributed by atoms with Crippen molar-refractivity contribution in [2.45, 2.75) is 32.1 Å². The van der Waals surface area contributed by atoms with Crippen LogP contribution < -0.4 is 0 Å². The summed E-state index contributed by atoms with van der Waals surface area (Å²) in [4.78, 5) is 13.0. The summed E-state index contributed by atoms with van der Waals surface area (Å²) < 4.78 is 0. The predicted molar refractivity (Wildman–Crippen MR) is 102 cm³/mol. The van der Waals surface area contributed by atoms with Crippen LogP contribution in [0.15, 0.2) is 54.1 Å². The zero-order valence-electron chi connectivity index (χ0n) is 13.5. The van der Waals surface area contributed by atoms with Gasteiger partial charge in [-0.05, 0) is 60.6 Å². The smallest absolute Gasteiger partial charge is 0.162 e. The molecule has 1 nitrogen and oxygen atoms in total. The van der Waals surface area contributed by atoms with E-state index in [1.165, 1.54) is 0 Å². The molecule has 0 radical (unpaired) electrons. The lowest BCUT2D eigenvalue weighted by Gasteiger charge is -2.15. The highest BCUT2D eigenvalue weighted by molar-refractivity contribution is 6.32. The highest BCUT2D eigenvalue weighted by Gasteiger charge is 2.25. The molecule has 24 heavy (non-hydrogen) atoms. The van der Waals surface area contributed by atoms with Gasteiger partial charge in [0.15, 0.2) is 5.78 Å². The first-order valence-corrected chi connectivity index (χ1v) is 9.13. The van der Waals surface area contributed by atoms with Crippen molar-refractivity contribution in [1.29, 1.82) is 0 Å². The van der Waals surface area contributed by atoms with E-state index < -0.39 is 0 Å². The number of rotatable bonds is 3. The number of ketones is 1. The van der Waals surface area contributed by atoms with E-state index in [0.717, 1.165) is 47.4 Å². The molecule has 0 aromatic heterocycles. The van der Waals surface area contributed by atoms with Gasteiger partial charge in [0, 0.05) is 16.0 Å². The molecule has 0 amide bonds. The quantitative estimate of drug-likeness (QED) is 0.459. The number of hydrogen-bond acceptors (Lipinski definition) is 1. The van der Waals surface area contributed by atoms with Crippen LogP contribution in [0.2, 0.25) is 10.0 Å². The Morgan fingerprint density at radius 2 is 1.67 bits per heavy atom. The topological polar surface area (TPSA) is 17.1 Å². The summed E-state index contributed by atoms with van der Waals surface area (Å²) >= 11 is 12.5. The molecular formula is C21H20Cl2O. The molecule has 0 bridgehead atoms. The second-order valence-electron chi connectivity index (χ2n) is 6.29. The molecule has 124 valence electrons. The molecule has 0 spiro atoms. The van der Waals surface area contributed by atoms with Crippen LogP contribution in [0.5, 0.6) is 0 Å². The van der Waals surface area contributed by atoms with E-state index in [1.54, 1.807) is 0 Å². The third-order valence-corrected chi connectivity index (χ3v) is 5.31. The summed E-state index contributed by atoms with van der Waals surface area (Å²) in [6.07, 6.45) is 6.53. The molecule has 1 atom stereocenters. The maximum atomic E-state index is 13.0. The van der Waals surface area contributed by atoms with Crippen LogP contribution in [0.25, 0.3) is 6.08 Å². The predicted octanol–water partition coefficient (Wildman–Crippen LogP) is 6.38. The molecule has 1 aliphatic carbocycles. The molecule has 2 aromatic carbocycles. The highest BCUT2D eigenvalue weighted by Crippen LogP contribution is 2.31. The monoisotopic (exact) mass is 358 g/mol. The van der Waals surface area contributed by atoms with E-state index in [-0.39, 0.29) is 11.7 Å². The third kappa shape index (κ3) is 4.09. The zero-order valence-corrected chi connectivity index (χ0v) is 15.0. The van der Waals surface area contributed by atoms with Crippen LogP contribution in [0.3, 0.4) is 0 Å². The zero-order chi connectivity index (χ0) is 16.9. The van der Waals surface area contributed by atoms with E-state index in [2.05, 4.69) is 0 Å². The Kier molecular flexibility index (Phi) is 5.76. The van der Waals surface area contributed by atoms with Crippen LogP contribution in [-0.2, 0) is 11.2 Å². The molecule has 1 fully saturated rings. The maximum absolute atomic E-state index is 13.0. The van der Waals surface area contributed by atoms with Gasteiger partial charge >= 0.3 is 0 Å². The molecule has 1 aliphatic rings. The number of halogens is 2. The van der Waals surface area contributed by atoms with Crippen molar-refractivity contribution >= 4 is 35.1 Å². The van der Waals surface area contributed by atoms with Crippen LogP contribution in [0.1, 0.15) is 36.8 Å². The highest BCUT2D eigenvalue weighted by atomic mass is 35.5. The Hall–Kier alpha value is -1.57. The number of benzene rings is 2. The van der Waals surface area contributed by atoms with Crippen molar-refractivity contribution in [3.05, 3.63) is 75.3 Å². The summed E-state index contributed by atoms with van der Waals surface area (Å²) in [6, 6.07) is 15.5. The summed E-state index contributed by atoms with van der Waals surface area (Å²) in [5, 5.41) is 1.43. The van der Waals surface area contributed by atoms with Crippen molar-refractivity contribution in [2.24, 2.45) is 5.92 Å². The Balaban J connectivity index is 1.86. The average Bonchev–Trinajstić information content (AvgIpc) is 2.75. The largest absolute Gasteiger partial charge is 0.294 e. The first-order chi connectivity index (χ1) is 11.6. The first-order valence-electron chi connectivity index (χ1n) is 8.38. The van der Waals surface area contributed by atoms with Gasteiger partial charge in [-0.3, -0.25) is 4.79 Å². The number of Topliss-reactive ketones (excluding diaryl/α,β-unsaturated/α-hetero) is 1. The van der Waals surface area contributed by atoms with E-state index in [4.69, 9.17) is 23.2 Å². The Labute approximate surface area is 153 Å². The summed E-state index contributed by atoms with van der Waals surface area (Å²) in [6.45, 7) is 0. The number of carbonyl (C=O) groups is 1. The van der Waals surface area contributed by atoms with E-state index >= 15 is 0 Å². The summed E-state index contributed by atoms with van der Waals surface area (Å²) in [5.41, 5.74) is 2.86. The van der Waals surface area contributed by atoms with Gasteiger partial charge in [0.25, 0.3) is 0 Å². The van der Waals surface area contributed by atoms with Crippen molar-refractivity contribution in [3.63, 3.8) is 0 Å². The number of carbonyl (C=O) groups excluding carboxylic acids is 1. The minimum Gasteiger partial charge on any atom is -0.294 e. The van der Waals surface area contributed by atoms with Crippen LogP contribution in [-0.4, -0.2) is 5.78 Å². The lowest BCUT2D eigenvalue weighted by atomic mass is 9.89. The standard InChI is InChI=1S/C21H20Cl2O/c22-19-11-5-3-7-15(19)13-17-9-1-2-10-18(21(17)24)14-16-8-4-6-12-20(16)23/h3-8,11-13,18H,1-2,9-10,14H2/b17-13+/t18-/m0/s1. The Morgan fingerprint density at radius 1 is 0.958 bits per heavy atom. The van der Waals surface area contributed by atoms with Crippen molar-refractivity contribution in [2.75, 3.05) is 0 Å². The SMILES string of the molecule is O=C1/C(=C/c2ccccc2Cl)CCCC[C@H]1Cc1ccccc1Cl. The average molecular weight is 359 g/mol. The van der Waals surface area contributed by atoms with Crippen LogP contribution in [0.4, 0.5) is 0 Å². The number of hydrogen-bond donors (Lipinski definition) is 0. The van der Waals surface area contributed by atoms with E-state index in [9.17, 15) is 4.79 Å². The lowest BCUT2D eigenvalue weighted by Crippen LogP contribution is -2.17.